The number of carbonyl (C=O) groups excluding carboxylic acids is 1. The van der Waals surface area contributed by atoms with Crippen LogP contribution in [0.1, 0.15) is 6.42 Å². The quantitative estimate of drug-likeness (QED) is 0.370. The molecule has 0 spiro atoms. The second-order valence-corrected chi connectivity index (χ2v) is 6.50. The lowest BCUT2D eigenvalue weighted by Gasteiger charge is -2.12. The molecule has 1 aliphatic rings. The Morgan fingerprint density at radius 1 is 1.17 bits per heavy atom. The molecule has 4 rings (SSSR count). The number of urea groups is 1. The minimum absolute atomic E-state index is 0.0461. The fourth-order valence-electron chi connectivity index (χ4n) is 2.74. The molecular weight excluding hydrogens is 413 g/mol. The molecule has 13 heteroatoms. The zero-order chi connectivity index (χ0) is 21.6. The molecule has 4 N–H and O–H groups in total. The second-order valence-electron chi connectivity index (χ2n) is 6.50. The van der Waals surface area contributed by atoms with Crippen LogP contribution in [0.4, 0.5) is 49.8 Å². The van der Waals surface area contributed by atoms with E-state index in [9.17, 15) is 26.7 Å². The number of amides is 2. The average Bonchev–Trinajstić information content (AvgIpc) is 3.25. The van der Waals surface area contributed by atoms with Crippen molar-refractivity contribution in [3.63, 3.8) is 0 Å². The number of nitrogens with one attached hydrogen (secondary N) is 4. The van der Waals surface area contributed by atoms with Crippen molar-refractivity contribution in [2.24, 2.45) is 0 Å². The Morgan fingerprint density at radius 3 is 2.43 bits per heavy atom. The molecule has 1 saturated carbocycles. The van der Waals surface area contributed by atoms with E-state index >= 15 is 0 Å². The van der Waals surface area contributed by atoms with E-state index in [1.807, 2.05) is 0 Å². The summed E-state index contributed by atoms with van der Waals surface area (Å²) in [5, 5.41) is 13.9. The van der Waals surface area contributed by atoms with Crippen LogP contribution in [-0.2, 0) is 0 Å². The molecule has 2 amide bonds. The molecular formula is C17H14F5N7O. The SMILES string of the molecule is CNc1cc(Nc2c(F)c(F)cc(F)c2F)nc2c(NC(=O)N[C@@H]3C[C@@H]3F)cnn12. The van der Waals surface area contributed by atoms with Gasteiger partial charge in [-0.05, 0) is 0 Å². The van der Waals surface area contributed by atoms with Crippen molar-refractivity contribution in [1.82, 2.24) is 19.9 Å². The highest BCUT2D eigenvalue weighted by atomic mass is 19.2. The third kappa shape index (κ3) is 3.53. The number of aromatic nitrogens is 3. The fraction of sp³-hybridized carbons (Fsp3) is 0.235. The monoisotopic (exact) mass is 427 g/mol. The minimum Gasteiger partial charge on any atom is -0.373 e. The van der Waals surface area contributed by atoms with E-state index in [0.717, 1.165) is 0 Å². The molecule has 30 heavy (non-hydrogen) atoms. The van der Waals surface area contributed by atoms with Crippen LogP contribution >= 0.6 is 0 Å². The number of hydrogen-bond acceptors (Lipinski definition) is 5. The van der Waals surface area contributed by atoms with Gasteiger partial charge in [0.25, 0.3) is 0 Å². The summed E-state index contributed by atoms with van der Waals surface area (Å²) in [6.45, 7) is 0. The molecule has 2 atom stereocenters. The van der Waals surface area contributed by atoms with Gasteiger partial charge < -0.3 is 21.3 Å². The van der Waals surface area contributed by atoms with E-state index in [-0.39, 0.29) is 35.5 Å². The third-order valence-corrected chi connectivity index (χ3v) is 4.37. The first-order valence-electron chi connectivity index (χ1n) is 8.66. The lowest BCUT2D eigenvalue weighted by molar-refractivity contribution is 0.250. The number of halogens is 5. The largest absolute Gasteiger partial charge is 0.373 e. The number of benzene rings is 1. The predicted molar refractivity (Wildman–Crippen MR) is 97.5 cm³/mol. The zero-order valence-corrected chi connectivity index (χ0v) is 15.2. The smallest absolute Gasteiger partial charge is 0.319 e. The molecule has 2 heterocycles. The number of alkyl halides is 1. The van der Waals surface area contributed by atoms with Crippen molar-refractivity contribution in [3.8, 4) is 0 Å². The molecule has 0 bridgehead atoms. The van der Waals surface area contributed by atoms with Crippen molar-refractivity contribution < 1.29 is 26.7 Å². The molecule has 8 nitrogen and oxygen atoms in total. The number of fused-ring (bicyclic) bond motifs is 1. The Hall–Kier alpha value is -3.64. The van der Waals surface area contributed by atoms with Gasteiger partial charge in [-0.25, -0.2) is 31.7 Å². The first kappa shape index (κ1) is 19.7. The van der Waals surface area contributed by atoms with E-state index in [1.54, 1.807) is 0 Å². The fourth-order valence-corrected chi connectivity index (χ4v) is 2.74. The van der Waals surface area contributed by atoms with E-state index in [2.05, 4.69) is 31.3 Å². The summed E-state index contributed by atoms with van der Waals surface area (Å²) in [6.07, 6.45) is 0.385. The van der Waals surface area contributed by atoms with Crippen LogP contribution in [0.15, 0.2) is 18.3 Å². The first-order chi connectivity index (χ1) is 14.3. The molecule has 0 aliphatic heterocycles. The van der Waals surface area contributed by atoms with Crippen LogP contribution in [0.2, 0.25) is 0 Å². The molecule has 1 aromatic carbocycles. The highest BCUT2D eigenvalue weighted by molar-refractivity contribution is 5.93. The number of nitrogens with zero attached hydrogens (tertiary/aromatic N) is 3. The van der Waals surface area contributed by atoms with Gasteiger partial charge in [0.1, 0.15) is 29.2 Å². The summed E-state index contributed by atoms with van der Waals surface area (Å²) >= 11 is 0. The van der Waals surface area contributed by atoms with Crippen molar-refractivity contribution in [2.45, 2.75) is 18.6 Å². The Balaban J connectivity index is 1.69. The van der Waals surface area contributed by atoms with Gasteiger partial charge in [0.05, 0.1) is 12.2 Å². The van der Waals surface area contributed by atoms with Crippen LogP contribution in [0, 0.1) is 23.3 Å². The maximum absolute atomic E-state index is 14.0. The summed E-state index contributed by atoms with van der Waals surface area (Å²) in [4.78, 5) is 16.1. The van der Waals surface area contributed by atoms with Gasteiger partial charge in [0.2, 0.25) is 0 Å². The van der Waals surface area contributed by atoms with Gasteiger partial charge in [-0.2, -0.15) is 9.61 Å². The van der Waals surface area contributed by atoms with Crippen molar-refractivity contribution in [3.05, 3.63) is 41.6 Å². The molecule has 0 saturated heterocycles. The third-order valence-electron chi connectivity index (χ3n) is 4.37. The molecule has 0 radical (unpaired) electrons. The standard InChI is InChI=1S/C17H14F5N7O/c1-23-12-4-11(27-15-13(21)7(19)2-8(20)14(15)22)28-16-10(5-24-29(12)16)26-17(30)25-9-3-6(9)18/h2,4-6,9,23H,3H2,1H3,(H,27,28)(H2,25,26,30)/t6-,9+/m0/s1. The predicted octanol–water partition coefficient (Wildman–Crippen LogP) is 3.30. The van der Waals surface area contributed by atoms with E-state index in [4.69, 9.17) is 0 Å². The van der Waals surface area contributed by atoms with Crippen LogP contribution in [0.5, 0.6) is 0 Å². The van der Waals surface area contributed by atoms with Gasteiger partial charge >= 0.3 is 6.03 Å². The molecule has 1 aliphatic carbocycles. The molecule has 1 fully saturated rings. The first-order valence-corrected chi connectivity index (χ1v) is 8.66. The highest BCUT2D eigenvalue weighted by Crippen LogP contribution is 2.29. The van der Waals surface area contributed by atoms with Crippen LogP contribution in [0.3, 0.4) is 0 Å². The maximum Gasteiger partial charge on any atom is 0.319 e. The molecule has 3 aromatic rings. The number of carbonyl (C=O) groups is 1. The van der Waals surface area contributed by atoms with Gasteiger partial charge in [0, 0.05) is 25.6 Å². The van der Waals surface area contributed by atoms with Crippen LogP contribution in [-0.4, -0.2) is 39.9 Å². The van der Waals surface area contributed by atoms with E-state index < -0.39 is 47.2 Å². The van der Waals surface area contributed by atoms with Crippen LogP contribution in [0.25, 0.3) is 5.65 Å². The number of hydrogen-bond donors (Lipinski definition) is 4. The van der Waals surface area contributed by atoms with Gasteiger partial charge in [-0.1, -0.05) is 0 Å². The Morgan fingerprint density at radius 2 is 1.83 bits per heavy atom. The minimum atomic E-state index is -1.63. The van der Waals surface area contributed by atoms with Crippen LogP contribution < -0.4 is 21.3 Å². The Bertz CT molecular complexity index is 1130. The van der Waals surface area contributed by atoms with Gasteiger partial charge in [-0.3, -0.25) is 0 Å². The Labute approximate surface area is 165 Å². The zero-order valence-electron chi connectivity index (χ0n) is 15.2. The molecule has 158 valence electrons. The highest BCUT2D eigenvalue weighted by Gasteiger charge is 2.38. The lowest BCUT2D eigenvalue weighted by Crippen LogP contribution is -2.31. The van der Waals surface area contributed by atoms with Crippen molar-refractivity contribution in [2.75, 3.05) is 23.0 Å². The Kier molecular flexibility index (Phi) is 4.79. The summed E-state index contributed by atoms with van der Waals surface area (Å²) < 4.78 is 69.1. The topological polar surface area (TPSA) is 95.4 Å². The van der Waals surface area contributed by atoms with Crippen molar-refractivity contribution >= 4 is 34.7 Å². The molecule has 2 aromatic heterocycles. The van der Waals surface area contributed by atoms with Gasteiger partial charge in [-0.15, -0.1) is 0 Å². The van der Waals surface area contributed by atoms with E-state index in [0.29, 0.717) is 0 Å². The van der Waals surface area contributed by atoms with Gasteiger partial charge in [0.15, 0.2) is 28.9 Å². The summed E-state index contributed by atoms with van der Waals surface area (Å²) in [6, 6.07) is 0.109. The second kappa shape index (κ2) is 7.31. The number of anilines is 4. The summed E-state index contributed by atoms with van der Waals surface area (Å²) in [7, 11) is 1.53. The number of rotatable bonds is 5. The average molecular weight is 427 g/mol. The van der Waals surface area contributed by atoms with Crippen molar-refractivity contribution in [1.29, 1.82) is 0 Å². The summed E-state index contributed by atoms with van der Waals surface area (Å²) in [5.74, 6) is -6.33. The maximum atomic E-state index is 14.0. The normalized spacial score (nSPS) is 17.7. The molecule has 0 unspecified atom stereocenters. The summed E-state index contributed by atoms with van der Waals surface area (Å²) in [5.41, 5.74) is -0.916. The van der Waals surface area contributed by atoms with E-state index in [1.165, 1.54) is 23.8 Å². The lowest BCUT2D eigenvalue weighted by atomic mass is 10.2.